The van der Waals surface area contributed by atoms with Gasteiger partial charge >= 0.3 is 5.97 Å². The fourth-order valence-electron chi connectivity index (χ4n) is 1.43. The van der Waals surface area contributed by atoms with Gasteiger partial charge in [0.25, 0.3) is 5.69 Å². The fourth-order valence-corrected chi connectivity index (χ4v) is 1.43. The number of aldehydes is 1. The second kappa shape index (κ2) is 7.05. The van der Waals surface area contributed by atoms with Crippen molar-refractivity contribution in [2.24, 2.45) is 0 Å². The lowest BCUT2D eigenvalue weighted by molar-refractivity contribution is -0.384. The number of hydrogen-bond donors (Lipinski definition) is 0. The van der Waals surface area contributed by atoms with Gasteiger partial charge in [-0.1, -0.05) is 12.2 Å². The Balaban J connectivity index is 2.83. The molecule has 0 bridgehead atoms. The van der Waals surface area contributed by atoms with E-state index >= 15 is 0 Å². The normalized spacial score (nSPS) is 10.4. The molecule has 0 aliphatic carbocycles. The molecule has 0 amide bonds. The van der Waals surface area contributed by atoms with Gasteiger partial charge in [-0.2, -0.15) is 0 Å². The van der Waals surface area contributed by atoms with Crippen LogP contribution in [0.5, 0.6) is 0 Å². The van der Waals surface area contributed by atoms with Crippen molar-refractivity contribution in [1.29, 1.82) is 0 Å². The van der Waals surface area contributed by atoms with E-state index in [4.69, 9.17) is 4.74 Å². The van der Waals surface area contributed by atoms with Gasteiger partial charge in [0, 0.05) is 17.7 Å². The lowest BCUT2D eigenvalue weighted by atomic mass is 10.1. The van der Waals surface area contributed by atoms with Gasteiger partial charge in [-0.3, -0.25) is 19.7 Å². The molecule has 0 spiro atoms. The van der Waals surface area contributed by atoms with Crippen molar-refractivity contribution in [2.45, 2.75) is 13.3 Å². The molecule has 0 atom stereocenters. The third-order valence-corrected chi connectivity index (χ3v) is 2.30. The first-order valence-electron chi connectivity index (χ1n) is 5.64. The van der Waals surface area contributed by atoms with Crippen LogP contribution in [0, 0.1) is 10.1 Å². The van der Waals surface area contributed by atoms with Crippen LogP contribution in [0.25, 0.3) is 6.08 Å². The van der Waals surface area contributed by atoms with Crippen molar-refractivity contribution < 1.29 is 19.2 Å². The molecule has 100 valence electrons. The first-order valence-corrected chi connectivity index (χ1v) is 5.64. The molecule has 6 heteroatoms. The van der Waals surface area contributed by atoms with Crippen LogP contribution in [0.3, 0.4) is 0 Å². The number of nitrogens with zero attached hydrogens (tertiary/aromatic N) is 1. The van der Waals surface area contributed by atoms with E-state index in [0.717, 1.165) is 0 Å². The number of hydrogen-bond acceptors (Lipinski definition) is 5. The summed E-state index contributed by atoms with van der Waals surface area (Å²) < 4.78 is 4.74. The number of esters is 1. The van der Waals surface area contributed by atoms with Crippen LogP contribution >= 0.6 is 0 Å². The summed E-state index contributed by atoms with van der Waals surface area (Å²) in [6, 6.07) is 3.96. The molecule has 0 fully saturated rings. The summed E-state index contributed by atoms with van der Waals surface area (Å²) in [6.07, 6.45) is 3.73. The van der Waals surface area contributed by atoms with Crippen LogP contribution in [0.4, 0.5) is 5.69 Å². The molecule has 6 nitrogen and oxygen atoms in total. The highest BCUT2D eigenvalue weighted by Crippen LogP contribution is 2.17. The number of rotatable bonds is 6. The molecular formula is C13H13NO5. The SMILES string of the molecule is CCOC(=O)CC=Cc1ccc([N+](=O)[O-])cc1C=O. The van der Waals surface area contributed by atoms with Gasteiger partial charge in [0.15, 0.2) is 6.29 Å². The van der Waals surface area contributed by atoms with Crippen LogP contribution in [0.2, 0.25) is 0 Å². The standard InChI is InChI=1S/C13H13NO5/c1-2-19-13(16)5-3-4-10-6-7-12(14(17)18)8-11(10)9-15/h3-4,6-9H,2,5H2,1H3. The number of nitro groups is 1. The third-order valence-electron chi connectivity index (χ3n) is 2.30. The maximum atomic E-state index is 11.1. The molecule has 0 saturated carbocycles. The van der Waals surface area contributed by atoms with E-state index in [1.807, 2.05) is 0 Å². The van der Waals surface area contributed by atoms with Crippen molar-refractivity contribution in [1.82, 2.24) is 0 Å². The highest BCUT2D eigenvalue weighted by molar-refractivity contribution is 5.83. The minimum Gasteiger partial charge on any atom is -0.466 e. The predicted molar refractivity (Wildman–Crippen MR) is 68.8 cm³/mol. The van der Waals surface area contributed by atoms with Crippen LogP contribution < -0.4 is 0 Å². The Morgan fingerprint density at radius 3 is 2.74 bits per heavy atom. The topological polar surface area (TPSA) is 86.5 Å². The van der Waals surface area contributed by atoms with Crippen molar-refractivity contribution in [2.75, 3.05) is 6.61 Å². The molecule has 0 unspecified atom stereocenters. The Kier molecular flexibility index (Phi) is 5.40. The van der Waals surface area contributed by atoms with Crippen LogP contribution in [-0.4, -0.2) is 23.8 Å². The lowest BCUT2D eigenvalue weighted by Gasteiger charge is -2.00. The largest absolute Gasteiger partial charge is 0.466 e. The zero-order valence-electron chi connectivity index (χ0n) is 10.4. The fraction of sp³-hybridized carbons (Fsp3) is 0.231. The van der Waals surface area contributed by atoms with E-state index in [-0.39, 0.29) is 23.6 Å². The van der Waals surface area contributed by atoms with Crippen molar-refractivity contribution in [3.8, 4) is 0 Å². The van der Waals surface area contributed by atoms with Gasteiger partial charge in [-0.25, -0.2) is 0 Å². The van der Waals surface area contributed by atoms with E-state index in [9.17, 15) is 19.7 Å². The quantitative estimate of drug-likeness (QED) is 0.340. The average molecular weight is 263 g/mol. The third kappa shape index (κ3) is 4.34. The molecule has 0 aromatic heterocycles. The molecule has 0 N–H and O–H groups in total. The Morgan fingerprint density at radius 2 is 2.16 bits per heavy atom. The number of carbonyl (C=O) groups is 2. The van der Waals surface area contributed by atoms with Crippen LogP contribution in [0.1, 0.15) is 29.3 Å². The van der Waals surface area contributed by atoms with Gasteiger partial charge in [0.05, 0.1) is 18.0 Å². The Morgan fingerprint density at radius 1 is 1.42 bits per heavy atom. The van der Waals surface area contributed by atoms with E-state index in [0.29, 0.717) is 18.5 Å². The zero-order valence-corrected chi connectivity index (χ0v) is 10.4. The van der Waals surface area contributed by atoms with E-state index in [2.05, 4.69) is 0 Å². The Bertz CT molecular complexity index is 522. The monoisotopic (exact) mass is 263 g/mol. The van der Waals surface area contributed by atoms with Crippen LogP contribution in [-0.2, 0) is 9.53 Å². The highest BCUT2D eigenvalue weighted by atomic mass is 16.6. The molecule has 0 radical (unpaired) electrons. The smallest absolute Gasteiger partial charge is 0.309 e. The zero-order chi connectivity index (χ0) is 14.3. The first-order chi connectivity index (χ1) is 9.08. The minimum absolute atomic E-state index is 0.0864. The summed E-state index contributed by atoms with van der Waals surface area (Å²) in [5.74, 6) is -0.367. The molecule has 0 heterocycles. The number of non-ortho nitro benzene ring substituents is 1. The van der Waals surface area contributed by atoms with E-state index < -0.39 is 4.92 Å². The number of benzene rings is 1. The first kappa shape index (κ1) is 14.6. The molecule has 1 aromatic carbocycles. The molecule has 0 aliphatic rings. The van der Waals surface area contributed by atoms with E-state index in [1.54, 1.807) is 19.1 Å². The maximum Gasteiger partial charge on any atom is 0.309 e. The number of carbonyl (C=O) groups excluding carboxylic acids is 2. The van der Waals surface area contributed by atoms with E-state index in [1.165, 1.54) is 18.2 Å². The van der Waals surface area contributed by atoms with Gasteiger partial charge in [-0.15, -0.1) is 0 Å². The summed E-state index contributed by atoms with van der Waals surface area (Å²) in [6.45, 7) is 2.02. The second-order valence-electron chi connectivity index (χ2n) is 3.60. The minimum atomic E-state index is -0.570. The Labute approximate surface area is 109 Å². The van der Waals surface area contributed by atoms with Crippen molar-refractivity contribution in [3.63, 3.8) is 0 Å². The molecule has 1 aromatic rings. The van der Waals surface area contributed by atoms with Gasteiger partial charge < -0.3 is 4.74 Å². The van der Waals surface area contributed by atoms with Crippen molar-refractivity contribution in [3.05, 3.63) is 45.5 Å². The number of ether oxygens (including phenoxy) is 1. The molecule has 19 heavy (non-hydrogen) atoms. The summed E-state index contributed by atoms with van der Waals surface area (Å²) >= 11 is 0. The molecule has 1 rings (SSSR count). The second-order valence-corrected chi connectivity index (χ2v) is 3.60. The Hall–Kier alpha value is -2.50. The highest BCUT2D eigenvalue weighted by Gasteiger charge is 2.08. The molecular weight excluding hydrogens is 250 g/mol. The predicted octanol–water partition coefficient (Wildman–Crippen LogP) is 2.37. The number of nitro benzene ring substituents is 1. The summed E-state index contributed by atoms with van der Waals surface area (Å²) in [5, 5.41) is 10.6. The van der Waals surface area contributed by atoms with Gasteiger partial charge in [0.2, 0.25) is 0 Å². The maximum absolute atomic E-state index is 11.1. The summed E-state index contributed by atoms with van der Waals surface area (Å²) in [5.41, 5.74) is 0.573. The van der Waals surface area contributed by atoms with Crippen LogP contribution in [0.15, 0.2) is 24.3 Å². The summed E-state index contributed by atoms with van der Waals surface area (Å²) in [4.78, 5) is 31.9. The van der Waals surface area contributed by atoms with Gasteiger partial charge in [0.1, 0.15) is 0 Å². The van der Waals surface area contributed by atoms with Crippen molar-refractivity contribution >= 4 is 24.0 Å². The summed E-state index contributed by atoms with van der Waals surface area (Å²) in [7, 11) is 0. The lowest BCUT2D eigenvalue weighted by Crippen LogP contribution is -2.01. The average Bonchev–Trinajstić information content (AvgIpc) is 2.39. The molecule has 0 aliphatic heterocycles. The van der Waals surface area contributed by atoms with Gasteiger partial charge in [-0.05, 0) is 18.6 Å². The molecule has 0 saturated heterocycles.